The van der Waals surface area contributed by atoms with E-state index in [0.717, 1.165) is 29.7 Å². The second-order valence-corrected chi connectivity index (χ2v) is 5.56. The summed E-state index contributed by atoms with van der Waals surface area (Å²) in [7, 11) is 0. The molecular weight excluding hydrogens is 264 g/mol. The SMILES string of the molecule is CC1(C)CCc2cc(C=N[C@H](C#N)C(=N)C#N)ccc2O1. The molecule has 0 saturated heterocycles. The standard InChI is InChI=1S/C16H16N4O/c1-16(2)6-5-12-7-11(3-4-15(12)21-16)10-20-14(9-18)13(19)8-17/h3-4,7,10,14,19H,5-6H2,1-2H3/t14-/m1/s1. The Labute approximate surface area is 124 Å². The predicted octanol–water partition coefficient (Wildman–Crippen LogP) is 2.64. The number of hydrogen-bond acceptors (Lipinski definition) is 5. The minimum Gasteiger partial charge on any atom is -0.488 e. The van der Waals surface area contributed by atoms with Gasteiger partial charge < -0.3 is 4.74 Å². The molecule has 0 unspecified atom stereocenters. The number of aliphatic imine (C=N–C) groups is 1. The van der Waals surface area contributed by atoms with Crippen LogP contribution in [0.3, 0.4) is 0 Å². The van der Waals surface area contributed by atoms with Gasteiger partial charge in [-0.1, -0.05) is 0 Å². The lowest BCUT2D eigenvalue weighted by Crippen LogP contribution is -2.32. The molecule has 0 spiro atoms. The van der Waals surface area contributed by atoms with Gasteiger partial charge in [0.15, 0.2) is 6.04 Å². The molecule has 5 nitrogen and oxygen atoms in total. The number of ether oxygens (including phenoxy) is 1. The van der Waals surface area contributed by atoms with Gasteiger partial charge in [-0.3, -0.25) is 10.4 Å². The summed E-state index contributed by atoms with van der Waals surface area (Å²) < 4.78 is 5.90. The average molecular weight is 280 g/mol. The van der Waals surface area contributed by atoms with Crippen LogP contribution < -0.4 is 4.74 Å². The van der Waals surface area contributed by atoms with Crippen molar-refractivity contribution < 1.29 is 4.74 Å². The molecule has 1 atom stereocenters. The van der Waals surface area contributed by atoms with Crippen LogP contribution >= 0.6 is 0 Å². The first-order valence-electron chi connectivity index (χ1n) is 6.68. The van der Waals surface area contributed by atoms with Crippen LogP contribution in [0.2, 0.25) is 0 Å². The van der Waals surface area contributed by atoms with E-state index in [1.807, 2.05) is 24.3 Å². The van der Waals surface area contributed by atoms with Gasteiger partial charge in [-0.05, 0) is 56.0 Å². The number of hydrogen-bond donors (Lipinski definition) is 1. The Morgan fingerprint density at radius 3 is 2.90 bits per heavy atom. The van der Waals surface area contributed by atoms with E-state index in [2.05, 4.69) is 18.8 Å². The third-order valence-corrected chi connectivity index (χ3v) is 3.36. The average Bonchev–Trinajstić information content (AvgIpc) is 2.46. The molecule has 0 aliphatic carbocycles. The summed E-state index contributed by atoms with van der Waals surface area (Å²) in [5, 5.41) is 24.8. The van der Waals surface area contributed by atoms with Gasteiger partial charge in [0.2, 0.25) is 0 Å². The first-order valence-corrected chi connectivity index (χ1v) is 6.68. The highest BCUT2D eigenvalue weighted by molar-refractivity contribution is 6.03. The molecule has 1 heterocycles. The monoisotopic (exact) mass is 280 g/mol. The molecule has 0 amide bonds. The Bertz CT molecular complexity index is 676. The fourth-order valence-electron chi connectivity index (χ4n) is 2.15. The number of rotatable bonds is 3. The summed E-state index contributed by atoms with van der Waals surface area (Å²) in [4.78, 5) is 3.99. The topological polar surface area (TPSA) is 93.0 Å². The molecule has 1 aliphatic rings. The molecule has 0 aromatic heterocycles. The van der Waals surface area contributed by atoms with Crippen molar-refractivity contribution in [3.05, 3.63) is 29.3 Å². The molecule has 0 saturated carbocycles. The van der Waals surface area contributed by atoms with Crippen molar-refractivity contribution in [2.75, 3.05) is 0 Å². The van der Waals surface area contributed by atoms with Crippen molar-refractivity contribution in [1.29, 1.82) is 15.9 Å². The van der Waals surface area contributed by atoms with Gasteiger partial charge >= 0.3 is 0 Å². The Kier molecular flexibility index (Phi) is 4.05. The zero-order valence-electron chi connectivity index (χ0n) is 12.1. The number of fused-ring (bicyclic) bond motifs is 1. The van der Waals surface area contributed by atoms with Crippen molar-refractivity contribution in [2.24, 2.45) is 4.99 Å². The number of nitriles is 2. The Hall–Kier alpha value is -2.66. The maximum atomic E-state index is 8.88. The van der Waals surface area contributed by atoms with Gasteiger partial charge in [0.05, 0.1) is 6.07 Å². The number of nitrogens with zero attached hydrogens (tertiary/aromatic N) is 3. The second kappa shape index (κ2) is 5.76. The second-order valence-electron chi connectivity index (χ2n) is 5.56. The Balaban J connectivity index is 2.19. The maximum Gasteiger partial charge on any atom is 0.187 e. The van der Waals surface area contributed by atoms with Crippen LogP contribution in [0.4, 0.5) is 0 Å². The van der Waals surface area contributed by atoms with Gasteiger partial charge in [-0.15, -0.1) is 0 Å². The predicted molar refractivity (Wildman–Crippen MR) is 79.8 cm³/mol. The molecule has 1 aliphatic heterocycles. The van der Waals surface area contributed by atoms with Crippen molar-refractivity contribution in [1.82, 2.24) is 0 Å². The van der Waals surface area contributed by atoms with Gasteiger partial charge in [-0.25, -0.2) is 0 Å². The lowest BCUT2D eigenvalue weighted by atomic mass is 9.93. The van der Waals surface area contributed by atoms with Gasteiger partial charge in [-0.2, -0.15) is 10.5 Å². The van der Waals surface area contributed by atoms with Crippen molar-refractivity contribution in [2.45, 2.75) is 38.3 Å². The first kappa shape index (κ1) is 14.7. The Morgan fingerprint density at radius 2 is 2.24 bits per heavy atom. The summed E-state index contributed by atoms with van der Waals surface area (Å²) in [5.74, 6) is 0.880. The molecular formula is C16H16N4O. The molecule has 2 rings (SSSR count). The smallest absolute Gasteiger partial charge is 0.187 e. The van der Waals surface area contributed by atoms with Crippen LogP contribution in [-0.4, -0.2) is 23.6 Å². The van der Waals surface area contributed by atoms with Gasteiger partial charge in [0.25, 0.3) is 0 Å². The molecule has 1 aromatic carbocycles. The number of aryl methyl sites for hydroxylation is 1. The van der Waals surface area contributed by atoms with E-state index in [1.165, 1.54) is 6.21 Å². The van der Waals surface area contributed by atoms with Crippen LogP contribution in [0.5, 0.6) is 5.75 Å². The van der Waals surface area contributed by atoms with E-state index in [-0.39, 0.29) is 11.3 Å². The Morgan fingerprint density at radius 1 is 1.48 bits per heavy atom. The molecule has 21 heavy (non-hydrogen) atoms. The van der Waals surface area contributed by atoms with Crippen LogP contribution in [-0.2, 0) is 6.42 Å². The van der Waals surface area contributed by atoms with Crippen molar-refractivity contribution >= 4 is 11.9 Å². The molecule has 1 aromatic rings. The molecule has 0 radical (unpaired) electrons. The number of benzene rings is 1. The van der Waals surface area contributed by atoms with E-state index in [4.69, 9.17) is 20.7 Å². The molecule has 106 valence electrons. The van der Waals surface area contributed by atoms with E-state index in [1.54, 1.807) is 6.07 Å². The summed E-state index contributed by atoms with van der Waals surface area (Å²) >= 11 is 0. The molecule has 0 fully saturated rings. The normalized spacial score (nSPS) is 17.1. The minimum absolute atomic E-state index is 0.142. The van der Waals surface area contributed by atoms with Crippen LogP contribution in [0.1, 0.15) is 31.4 Å². The highest BCUT2D eigenvalue weighted by Crippen LogP contribution is 2.33. The fraction of sp³-hybridized carbons (Fsp3) is 0.375. The van der Waals surface area contributed by atoms with Crippen molar-refractivity contribution in [3.8, 4) is 17.9 Å². The minimum atomic E-state index is -1.04. The van der Waals surface area contributed by atoms with Crippen LogP contribution in [0, 0.1) is 28.1 Å². The highest BCUT2D eigenvalue weighted by atomic mass is 16.5. The lowest BCUT2D eigenvalue weighted by Gasteiger charge is -2.32. The molecule has 0 bridgehead atoms. The third kappa shape index (κ3) is 3.46. The summed E-state index contributed by atoms with van der Waals surface area (Å²) in [6.07, 6.45) is 3.40. The molecule has 1 N–H and O–H groups in total. The van der Waals surface area contributed by atoms with Crippen molar-refractivity contribution in [3.63, 3.8) is 0 Å². The zero-order chi connectivity index (χ0) is 15.5. The first-order chi connectivity index (χ1) is 9.95. The highest BCUT2D eigenvalue weighted by Gasteiger charge is 2.26. The lowest BCUT2D eigenvalue weighted by molar-refractivity contribution is 0.0847. The quantitative estimate of drug-likeness (QED) is 0.862. The van der Waals surface area contributed by atoms with Gasteiger partial charge in [0, 0.05) is 6.21 Å². The van der Waals surface area contributed by atoms with E-state index in [0.29, 0.717) is 0 Å². The van der Waals surface area contributed by atoms with E-state index in [9.17, 15) is 0 Å². The zero-order valence-corrected chi connectivity index (χ0v) is 12.1. The van der Waals surface area contributed by atoms with Gasteiger partial charge in [0.1, 0.15) is 23.1 Å². The summed E-state index contributed by atoms with van der Waals surface area (Å²) in [6, 6.07) is 8.15. The molecule has 5 heteroatoms. The van der Waals surface area contributed by atoms with E-state index >= 15 is 0 Å². The fourth-order valence-corrected chi connectivity index (χ4v) is 2.15. The van der Waals surface area contributed by atoms with E-state index < -0.39 is 6.04 Å². The number of nitrogens with one attached hydrogen (secondary N) is 1. The summed E-state index contributed by atoms with van der Waals surface area (Å²) in [6.45, 7) is 4.13. The van der Waals surface area contributed by atoms with Crippen LogP contribution in [0.25, 0.3) is 0 Å². The largest absolute Gasteiger partial charge is 0.488 e. The van der Waals surface area contributed by atoms with Crippen LogP contribution in [0.15, 0.2) is 23.2 Å². The maximum absolute atomic E-state index is 8.88. The summed E-state index contributed by atoms with van der Waals surface area (Å²) in [5.41, 5.74) is 1.46. The third-order valence-electron chi connectivity index (χ3n) is 3.36.